The van der Waals surface area contributed by atoms with Crippen LogP contribution < -0.4 is 5.32 Å². The predicted octanol–water partition coefficient (Wildman–Crippen LogP) is 4.07. The molecule has 1 N–H and O–H groups in total. The molecular weight excluding hydrogens is 302 g/mol. The maximum atomic E-state index is 12.3. The number of carbonyl (C=O) groups excluding carboxylic acids is 2. The quantitative estimate of drug-likeness (QED) is 0.668. The summed E-state index contributed by atoms with van der Waals surface area (Å²) in [5.41, 5.74) is 3.16. The summed E-state index contributed by atoms with van der Waals surface area (Å²) in [4.78, 5) is 24.2. The van der Waals surface area contributed by atoms with Crippen LogP contribution in [0.3, 0.4) is 0 Å². The number of ether oxygens (including phenoxy) is 1. The van der Waals surface area contributed by atoms with Crippen LogP contribution in [0.15, 0.2) is 36.0 Å². The molecule has 0 fully saturated rings. The highest BCUT2D eigenvalue weighted by Crippen LogP contribution is 2.30. The zero-order valence-corrected chi connectivity index (χ0v) is 15.2. The summed E-state index contributed by atoms with van der Waals surface area (Å²) in [5.74, 6) is -1.35. The van der Waals surface area contributed by atoms with Crippen molar-refractivity contribution in [2.45, 2.75) is 46.5 Å². The Labute approximate surface area is 144 Å². The van der Waals surface area contributed by atoms with Crippen molar-refractivity contribution in [1.82, 2.24) is 0 Å². The van der Waals surface area contributed by atoms with E-state index in [-0.39, 0.29) is 17.1 Å². The van der Waals surface area contributed by atoms with Crippen molar-refractivity contribution in [3.8, 4) is 0 Å². The number of esters is 1. The fraction of sp³-hybridized carbons (Fsp3) is 0.500. The number of nitrogens with one attached hydrogen (secondary N) is 1. The van der Waals surface area contributed by atoms with Crippen LogP contribution in [0, 0.1) is 11.8 Å². The first-order valence-electron chi connectivity index (χ1n) is 8.51. The van der Waals surface area contributed by atoms with E-state index < -0.39 is 11.9 Å². The Hall–Kier alpha value is -2.10. The van der Waals surface area contributed by atoms with Crippen LogP contribution in [0.25, 0.3) is 0 Å². The summed E-state index contributed by atoms with van der Waals surface area (Å²) in [5, 5.41) is 3.30. The van der Waals surface area contributed by atoms with E-state index in [0.29, 0.717) is 13.0 Å². The molecule has 4 nitrogen and oxygen atoms in total. The smallest absolute Gasteiger partial charge is 0.317 e. The lowest BCUT2D eigenvalue weighted by atomic mass is 9.82. The van der Waals surface area contributed by atoms with E-state index >= 15 is 0 Å². The van der Waals surface area contributed by atoms with Gasteiger partial charge in [0.25, 0.3) is 0 Å². The van der Waals surface area contributed by atoms with Crippen molar-refractivity contribution in [1.29, 1.82) is 0 Å². The molecule has 0 spiro atoms. The number of rotatable bonds is 4. The minimum atomic E-state index is -0.682. The average molecular weight is 329 g/mol. The Bertz CT molecular complexity index is 638. The number of hydrogen-bond donors (Lipinski definition) is 1. The molecule has 1 aliphatic carbocycles. The van der Waals surface area contributed by atoms with Crippen molar-refractivity contribution in [2.75, 3.05) is 11.9 Å². The Balaban J connectivity index is 2.10. The van der Waals surface area contributed by atoms with Gasteiger partial charge in [-0.2, -0.15) is 0 Å². The van der Waals surface area contributed by atoms with Gasteiger partial charge in [0.15, 0.2) is 5.78 Å². The molecule has 2 atom stereocenters. The van der Waals surface area contributed by atoms with Gasteiger partial charge >= 0.3 is 5.97 Å². The second-order valence-corrected chi connectivity index (χ2v) is 7.44. The van der Waals surface area contributed by atoms with E-state index in [2.05, 4.69) is 38.2 Å². The first kappa shape index (κ1) is 18.2. The molecule has 0 heterocycles. The van der Waals surface area contributed by atoms with Gasteiger partial charge in [-0.25, -0.2) is 0 Å². The zero-order valence-electron chi connectivity index (χ0n) is 15.2. The van der Waals surface area contributed by atoms with E-state index in [9.17, 15) is 9.59 Å². The van der Waals surface area contributed by atoms with Gasteiger partial charge in [0.1, 0.15) is 5.92 Å². The van der Waals surface area contributed by atoms with E-state index in [1.165, 1.54) is 5.56 Å². The summed E-state index contributed by atoms with van der Waals surface area (Å²) >= 11 is 0. The molecule has 130 valence electrons. The van der Waals surface area contributed by atoms with E-state index in [1.54, 1.807) is 13.0 Å². The average Bonchev–Trinajstić information content (AvgIpc) is 2.46. The highest BCUT2D eigenvalue weighted by atomic mass is 16.5. The molecule has 1 aromatic rings. The molecule has 0 saturated carbocycles. The standard InChI is InChI=1S/C20H27NO3/c1-6-24-19(23)18-13(2)11-16(12-17(18)22)21-15-9-7-14(8-10-15)20(3,4)5/h7-10,12-13,18,21H,6,11H2,1-5H3/t13-,18+/m1/s1. The lowest BCUT2D eigenvalue weighted by molar-refractivity contribution is -0.152. The van der Waals surface area contributed by atoms with Gasteiger partial charge in [-0.15, -0.1) is 0 Å². The zero-order chi connectivity index (χ0) is 17.9. The maximum Gasteiger partial charge on any atom is 0.317 e. The molecule has 1 aliphatic rings. The molecule has 24 heavy (non-hydrogen) atoms. The second-order valence-electron chi connectivity index (χ2n) is 7.44. The van der Waals surface area contributed by atoms with Crippen LogP contribution in [0.5, 0.6) is 0 Å². The molecule has 0 amide bonds. The van der Waals surface area contributed by atoms with Gasteiger partial charge in [-0.3, -0.25) is 9.59 Å². The van der Waals surface area contributed by atoms with E-state index in [4.69, 9.17) is 4.74 Å². The largest absolute Gasteiger partial charge is 0.465 e. The SMILES string of the molecule is CCOC(=O)[C@@H]1C(=O)C=C(Nc2ccc(C(C)(C)C)cc2)C[C@H]1C. The van der Waals surface area contributed by atoms with Gasteiger partial charge in [0.05, 0.1) is 6.61 Å². The number of anilines is 1. The Morgan fingerprint density at radius 3 is 2.38 bits per heavy atom. The lowest BCUT2D eigenvalue weighted by Gasteiger charge is -2.26. The molecule has 0 radical (unpaired) electrons. The topological polar surface area (TPSA) is 55.4 Å². The van der Waals surface area contributed by atoms with Gasteiger partial charge < -0.3 is 10.1 Å². The number of carbonyl (C=O) groups is 2. The number of hydrogen-bond acceptors (Lipinski definition) is 4. The predicted molar refractivity (Wildman–Crippen MR) is 95.8 cm³/mol. The number of allylic oxidation sites excluding steroid dienone is 2. The Morgan fingerprint density at radius 2 is 1.88 bits per heavy atom. The molecule has 1 aromatic carbocycles. The normalized spacial score (nSPS) is 21.2. The molecule has 0 saturated heterocycles. The van der Waals surface area contributed by atoms with Crippen LogP contribution in [0.2, 0.25) is 0 Å². The van der Waals surface area contributed by atoms with Gasteiger partial charge in [0.2, 0.25) is 0 Å². The molecule has 0 aliphatic heterocycles. The van der Waals surface area contributed by atoms with Crippen LogP contribution in [-0.2, 0) is 19.7 Å². The highest BCUT2D eigenvalue weighted by Gasteiger charge is 2.36. The monoisotopic (exact) mass is 329 g/mol. The molecule has 4 heteroatoms. The number of benzene rings is 1. The summed E-state index contributed by atoms with van der Waals surface area (Å²) < 4.78 is 5.01. The minimum absolute atomic E-state index is 0.0714. The summed E-state index contributed by atoms with van der Waals surface area (Å²) in [6, 6.07) is 8.23. The minimum Gasteiger partial charge on any atom is -0.465 e. The molecule has 2 rings (SSSR count). The first-order chi connectivity index (χ1) is 11.2. The lowest BCUT2D eigenvalue weighted by Crippen LogP contribution is -2.35. The van der Waals surface area contributed by atoms with Crippen molar-refractivity contribution in [3.05, 3.63) is 41.6 Å². The van der Waals surface area contributed by atoms with Crippen LogP contribution in [-0.4, -0.2) is 18.4 Å². The first-order valence-corrected chi connectivity index (χ1v) is 8.51. The van der Waals surface area contributed by atoms with Gasteiger partial charge in [-0.05, 0) is 42.4 Å². The maximum absolute atomic E-state index is 12.3. The van der Waals surface area contributed by atoms with Crippen molar-refractivity contribution < 1.29 is 14.3 Å². The van der Waals surface area contributed by atoms with Gasteiger partial charge in [0, 0.05) is 17.5 Å². The fourth-order valence-corrected chi connectivity index (χ4v) is 2.97. The fourth-order valence-electron chi connectivity index (χ4n) is 2.97. The Kier molecular flexibility index (Phi) is 5.47. The summed E-state index contributed by atoms with van der Waals surface area (Å²) in [6.07, 6.45) is 2.19. The summed E-state index contributed by atoms with van der Waals surface area (Å²) in [6.45, 7) is 10.5. The third kappa shape index (κ3) is 4.25. The second kappa shape index (κ2) is 7.20. The van der Waals surface area contributed by atoms with Crippen LogP contribution in [0.4, 0.5) is 5.69 Å². The third-order valence-corrected chi connectivity index (χ3v) is 4.33. The van der Waals surface area contributed by atoms with Crippen molar-refractivity contribution >= 4 is 17.4 Å². The van der Waals surface area contributed by atoms with Crippen molar-refractivity contribution in [2.24, 2.45) is 11.8 Å². The Morgan fingerprint density at radius 1 is 1.25 bits per heavy atom. The van der Waals surface area contributed by atoms with Crippen LogP contribution >= 0.6 is 0 Å². The van der Waals surface area contributed by atoms with Gasteiger partial charge in [-0.1, -0.05) is 39.8 Å². The van der Waals surface area contributed by atoms with Crippen molar-refractivity contribution in [3.63, 3.8) is 0 Å². The summed E-state index contributed by atoms with van der Waals surface area (Å²) in [7, 11) is 0. The number of ketones is 1. The molecular formula is C20H27NO3. The molecule has 0 bridgehead atoms. The molecule has 0 unspecified atom stereocenters. The van der Waals surface area contributed by atoms with Crippen LogP contribution in [0.1, 0.15) is 46.6 Å². The molecule has 0 aromatic heterocycles. The van der Waals surface area contributed by atoms with E-state index in [1.807, 2.05) is 19.1 Å². The van der Waals surface area contributed by atoms with E-state index in [0.717, 1.165) is 11.4 Å². The third-order valence-electron chi connectivity index (χ3n) is 4.33. The highest BCUT2D eigenvalue weighted by molar-refractivity contribution is 6.06.